The van der Waals surface area contributed by atoms with E-state index >= 15 is 0 Å². The van der Waals surface area contributed by atoms with Gasteiger partial charge in [0.25, 0.3) is 0 Å². The Morgan fingerprint density at radius 2 is 2.05 bits per heavy atom. The second-order valence-corrected chi connectivity index (χ2v) is 6.26. The number of hydrogen-bond donors (Lipinski definition) is 2. The van der Waals surface area contributed by atoms with Crippen molar-refractivity contribution in [2.75, 3.05) is 5.32 Å². The molecule has 1 aromatic carbocycles. The number of anilines is 1. The first-order valence-corrected chi connectivity index (χ1v) is 7.61. The first kappa shape index (κ1) is 14.3. The van der Waals surface area contributed by atoms with Crippen LogP contribution in [0.2, 0.25) is 5.02 Å². The Bertz CT molecular complexity index is 593. The van der Waals surface area contributed by atoms with Gasteiger partial charge in [-0.2, -0.15) is 0 Å². The number of rotatable bonds is 5. The van der Waals surface area contributed by atoms with E-state index in [1.807, 2.05) is 23.5 Å². The summed E-state index contributed by atoms with van der Waals surface area (Å²) in [6.07, 6.45) is 1.07. The van der Waals surface area contributed by atoms with Crippen LogP contribution in [-0.4, -0.2) is 4.99 Å². The topological polar surface area (TPSA) is 38.0 Å². The predicted molar refractivity (Wildman–Crippen MR) is 88.4 cm³/mol. The number of thiocarbonyl (C=S) groups is 1. The molecule has 5 heteroatoms. The molecule has 0 aliphatic rings. The number of nitrogens with two attached hydrogens (primary N) is 1. The Balaban J connectivity index is 2.12. The van der Waals surface area contributed by atoms with Gasteiger partial charge in [0.1, 0.15) is 4.99 Å². The molecule has 0 bridgehead atoms. The molecule has 0 aliphatic carbocycles. The van der Waals surface area contributed by atoms with Crippen molar-refractivity contribution < 1.29 is 0 Å². The molecule has 2 aromatic rings. The van der Waals surface area contributed by atoms with Crippen LogP contribution >= 0.6 is 35.2 Å². The van der Waals surface area contributed by atoms with E-state index in [2.05, 4.69) is 24.4 Å². The van der Waals surface area contributed by atoms with Crippen LogP contribution in [0.15, 0.2) is 30.3 Å². The van der Waals surface area contributed by atoms with Crippen LogP contribution in [-0.2, 0) is 13.0 Å². The molecule has 0 unspecified atom stereocenters. The summed E-state index contributed by atoms with van der Waals surface area (Å²) >= 11 is 12.8. The molecular formula is C14H15ClN2S2. The van der Waals surface area contributed by atoms with Crippen molar-refractivity contribution in [3.05, 3.63) is 50.7 Å². The first-order chi connectivity index (χ1) is 9.10. The van der Waals surface area contributed by atoms with Crippen LogP contribution in [0, 0.1) is 0 Å². The van der Waals surface area contributed by atoms with E-state index in [9.17, 15) is 0 Å². The highest BCUT2D eigenvalue weighted by Gasteiger charge is 2.06. The lowest BCUT2D eigenvalue weighted by Gasteiger charge is -2.10. The monoisotopic (exact) mass is 310 g/mol. The number of halogens is 1. The maximum Gasteiger partial charge on any atom is 0.106 e. The molecule has 0 aliphatic heterocycles. The first-order valence-electron chi connectivity index (χ1n) is 6.01. The molecule has 2 nitrogen and oxygen atoms in total. The van der Waals surface area contributed by atoms with Crippen molar-refractivity contribution >= 4 is 45.8 Å². The van der Waals surface area contributed by atoms with E-state index in [-0.39, 0.29) is 0 Å². The third-order valence-corrected chi connectivity index (χ3v) is 4.45. The molecule has 0 saturated carbocycles. The Hall–Kier alpha value is -1.10. The quantitative estimate of drug-likeness (QED) is 0.812. The molecule has 19 heavy (non-hydrogen) atoms. The lowest BCUT2D eigenvalue weighted by Crippen LogP contribution is -2.13. The molecule has 1 aromatic heterocycles. The molecular weight excluding hydrogens is 296 g/mol. The van der Waals surface area contributed by atoms with Crippen LogP contribution in [0.4, 0.5) is 5.69 Å². The minimum Gasteiger partial charge on any atom is -0.389 e. The maximum absolute atomic E-state index is 5.96. The van der Waals surface area contributed by atoms with Crippen molar-refractivity contribution in [2.45, 2.75) is 19.9 Å². The average Bonchev–Trinajstić information content (AvgIpc) is 2.85. The summed E-state index contributed by atoms with van der Waals surface area (Å²) in [6, 6.07) is 9.84. The van der Waals surface area contributed by atoms with E-state index in [1.54, 1.807) is 6.07 Å². The Kier molecular flexibility index (Phi) is 4.80. The fraction of sp³-hybridized carbons (Fsp3) is 0.214. The number of thiophene rings is 1. The lowest BCUT2D eigenvalue weighted by atomic mass is 10.1. The molecule has 0 spiro atoms. The van der Waals surface area contributed by atoms with Gasteiger partial charge in [-0.25, -0.2) is 0 Å². The van der Waals surface area contributed by atoms with E-state index in [0.29, 0.717) is 10.0 Å². The minimum atomic E-state index is 0.352. The van der Waals surface area contributed by atoms with Gasteiger partial charge in [-0.05, 0) is 36.8 Å². The van der Waals surface area contributed by atoms with Crippen molar-refractivity contribution in [3.63, 3.8) is 0 Å². The summed E-state index contributed by atoms with van der Waals surface area (Å²) < 4.78 is 0. The van der Waals surface area contributed by atoms with E-state index in [0.717, 1.165) is 24.2 Å². The molecule has 100 valence electrons. The van der Waals surface area contributed by atoms with Gasteiger partial charge in [-0.15, -0.1) is 11.3 Å². The second kappa shape index (κ2) is 6.37. The minimum absolute atomic E-state index is 0.352. The van der Waals surface area contributed by atoms with Crippen molar-refractivity contribution in [2.24, 2.45) is 5.73 Å². The molecule has 0 atom stereocenters. The van der Waals surface area contributed by atoms with E-state index < -0.39 is 0 Å². The largest absolute Gasteiger partial charge is 0.389 e. The highest BCUT2D eigenvalue weighted by Crippen LogP contribution is 2.23. The van der Waals surface area contributed by atoms with E-state index in [1.165, 1.54) is 9.75 Å². The number of nitrogens with one attached hydrogen (secondary N) is 1. The molecule has 3 N–H and O–H groups in total. The SMILES string of the molecule is CCc1ccc(CNc2ccc(Cl)cc2C(N)=S)s1. The summed E-state index contributed by atoms with van der Waals surface area (Å²) in [7, 11) is 0. The molecule has 0 amide bonds. The van der Waals surface area contributed by atoms with Crippen molar-refractivity contribution in [1.82, 2.24) is 0 Å². The highest BCUT2D eigenvalue weighted by molar-refractivity contribution is 7.80. The van der Waals surface area contributed by atoms with Crippen molar-refractivity contribution in [3.8, 4) is 0 Å². The number of hydrogen-bond acceptors (Lipinski definition) is 3. The van der Waals surface area contributed by atoms with Gasteiger partial charge in [0.15, 0.2) is 0 Å². The molecule has 0 saturated heterocycles. The fourth-order valence-corrected chi connectivity index (χ4v) is 3.00. The lowest BCUT2D eigenvalue weighted by molar-refractivity contribution is 1.19. The smallest absolute Gasteiger partial charge is 0.106 e. The summed E-state index contributed by atoms with van der Waals surface area (Å²) in [4.78, 5) is 3.04. The van der Waals surface area contributed by atoms with Crippen LogP contribution in [0.1, 0.15) is 22.2 Å². The van der Waals surface area contributed by atoms with Gasteiger partial charge in [0.2, 0.25) is 0 Å². The van der Waals surface area contributed by atoms with Gasteiger partial charge >= 0.3 is 0 Å². The van der Waals surface area contributed by atoms with Crippen molar-refractivity contribution in [1.29, 1.82) is 0 Å². The van der Waals surface area contributed by atoms with Gasteiger partial charge in [0, 0.05) is 32.6 Å². The Morgan fingerprint density at radius 1 is 1.32 bits per heavy atom. The maximum atomic E-state index is 5.96. The highest BCUT2D eigenvalue weighted by atomic mass is 35.5. The van der Waals surface area contributed by atoms with Crippen LogP contribution < -0.4 is 11.1 Å². The predicted octanol–water partition coefficient (Wildman–Crippen LogP) is 4.21. The zero-order valence-electron chi connectivity index (χ0n) is 10.6. The number of aryl methyl sites for hydroxylation is 1. The van der Waals surface area contributed by atoms with Crippen LogP contribution in [0.25, 0.3) is 0 Å². The standard InChI is InChI=1S/C14H15ClN2S2/c1-2-10-4-5-11(19-10)8-17-13-6-3-9(15)7-12(13)14(16)18/h3-7,17H,2,8H2,1H3,(H2,16,18). The molecule has 1 heterocycles. The van der Waals surface area contributed by atoms with Gasteiger partial charge in [0.05, 0.1) is 0 Å². The summed E-state index contributed by atoms with van der Waals surface area (Å²) in [5.74, 6) is 0. The molecule has 0 radical (unpaired) electrons. The molecule has 0 fully saturated rings. The van der Waals surface area contributed by atoms with Crippen LogP contribution in [0.5, 0.6) is 0 Å². The molecule has 2 rings (SSSR count). The third kappa shape index (κ3) is 3.69. The van der Waals surface area contributed by atoms with E-state index in [4.69, 9.17) is 29.6 Å². The van der Waals surface area contributed by atoms with Gasteiger partial charge in [-0.3, -0.25) is 0 Å². The van der Waals surface area contributed by atoms with Crippen LogP contribution in [0.3, 0.4) is 0 Å². The zero-order valence-corrected chi connectivity index (χ0v) is 13.0. The summed E-state index contributed by atoms with van der Waals surface area (Å²) in [6.45, 7) is 2.93. The average molecular weight is 311 g/mol. The van der Waals surface area contributed by atoms with Gasteiger partial charge < -0.3 is 11.1 Å². The zero-order chi connectivity index (χ0) is 13.8. The second-order valence-electron chi connectivity index (χ2n) is 4.13. The number of benzene rings is 1. The normalized spacial score (nSPS) is 10.4. The summed E-state index contributed by atoms with van der Waals surface area (Å²) in [5.41, 5.74) is 7.42. The summed E-state index contributed by atoms with van der Waals surface area (Å²) in [5, 5.41) is 4.00. The Labute approximate surface area is 127 Å². The van der Waals surface area contributed by atoms with Gasteiger partial charge in [-0.1, -0.05) is 30.7 Å². The third-order valence-electron chi connectivity index (χ3n) is 2.77. The Morgan fingerprint density at radius 3 is 2.68 bits per heavy atom. The fourth-order valence-electron chi connectivity index (χ4n) is 1.76.